The normalized spacial score (nSPS) is 21.9. The van der Waals surface area contributed by atoms with Crippen LogP contribution in [0.15, 0.2) is 51.4 Å². The first kappa shape index (κ1) is 14.5. The fourth-order valence-corrected chi connectivity index (χ4v) is 2.60. The van der Waals surface area contributed by atoms with Crippen LogP contribution in [-0.4, -0.2) is 11.9 Å². The van der Waals surface area contributed by atoms with Crippen molar-refractivity contribution in [1.29, 1.82) is 0 Å². The van der Waals surface area contributed by atoms with Gasteiger partial charge in [0.1, 0.15) is 0 Å². The molecule has 4 heteroatoms. The van der Waals surface area contributed by atoms with Crippen LogP contribution in [0.2, 0.25) is 0 Å². The molecular weight excluding hydrogens is 370 g/mol. The number of nitrogens with one attached hydrogen (secondary N) is 1. The van der Waals surface area contributed by atoms with Crippen molar-refractivity contribution >= 4 is 37.8 Å². The summed E-state index contributed by atoms with van der Waals surface area (Å²) in [5, 5.41) is 3.01. The maximum atomic E-state index is 11.7. The molecule has 100 valence electrons. The minimum atomic E-state index is -0.0407. The van der Waals surface area contributed by atoms with E-state index in [1.165, 1.54) is 5.56 Å². The second kappa shape index (κ2) is 6.06. The Balaban J connectivity index is 1.96. The Morgan fingerprint density at radius 2 is 2.16 bits per heavy atom. The standard InChI is InChI=1S/C15H15Br2NO/c1-3-9(2)6-15(19)18-14-8-11(14)10-4-5-12(16)13(17)7-10/h3-7,11,14H,1,8H2,2H3,(H,18,19)/t11-,14+/m0/s1. The molecule has 1 aliphatic carbocycles. The predicted octanol–water partition coefficient (Wildman–Crippen LogP) is 4.32. The first-order valence-corrected chi connectivity index (χ1v) is 7.66. The van der Waals surface area contributed by atoms with E-state index >= 15 is 0 Å². The Hall–Kier alpha value is -0.870. The zero-order chi connectivity index (χ0) is 14.0. The topological polar surface area (TPSA) is 29.1 Å². The lowest BCUT2D eigenvalue weighted by molar-refractivity contribution is -0.116. The average Bonchev–Trinajstić information content (AvgIpc) is 3.11. The molecule has 1 aromatic rings. The Morgan fingerprint density at radius 3 is 2.79 bits per heavy atom. The summed E-state index contributed by atoms with van der Waals surface area (Å²) < 4.78 is 2.09. The van der Waals surface area contributed by atoms with Gasteiger partial charge in [0.25, 0.3) is 0 Å². The minimum absolute atomic E-state index is 0.0407. The molecule has 0 unspecified atom stereocenters. The molecule has 2 rings (SSSR count). The van der Waals surface area contributed by atoms with E-state index in [2.05, 4.69) is 55.9 Å². The third-order valence-electron chi connectivity index (χ3n) is 3.17. The van der Waals surface area contributed by atoms with Gasteiger partial charge in [0.05, 0.1) is 0 Å². The molecule has 0 spiro atoms. The first-order valence-electron chi connectivity index (χ1n) is 6.07. The van der Waals surface area contributed by atoms with Crippen LogP contribution in [0.5, 0.6) is 0 Å². The zero-order valence-electron chi connectivity index (χ0n) is 10.6. The molecule has 2 atom stereocenters. The molecule has 0 bridgehead atoms. The number of carbonyl (C=O) groups excluding carboxylic acids is 1. The van der Waals surface area contributed by atoms with E-state index in [0.717, 1.165) is 20.9 Å². The third kappa shape index (κ3) is 3.80. The van der Waals surface area contributed by atoms with Crippen LogP contribution in [0.4, 0.5) is 0 Å². The van der Waals surface area contributed by atoms with Gasteiger partial charge in [-0.2, -0.15) is 0 Å². The maximum Gasteiger partial charge on any atom is 0.244 e. The SMILES string of the molecule is C=CC(C)=CC(=O)N[C@@H]1C[C@H]1c1ccc(Br)c(Br)c1. The molecule has 0 aromatic heterocycles. The molecule has 0 aliphatic heterocycles. The molecule has 1 aromatic carbocycles. The molecule has 2 nitrogen and oxygen atoms in total. The molecule has 0 radical (unpaired) electrons. The highest BCUT2D eigenvalue weighted by molar-refractivity contribution is 9.13. The highest BCUT2D eigenvalue weighted by atomic mass is 79.9. The number of hydrogen-bond acceptors (Lipinski definition) is 1. The summed E-state index contributed by atoms with van der Waals surface area (Å²) in [6.07, 6.45) is 4.26. The maximum absolute atomic E-state index is 11.7. The largest absolute Gasteiger partial charge is 0.349 e. The van der Waals surface area contributed by atoms with Gasteiger partial charge in [-0.05, 0) is 68.5 Å². The molecule has 1 fully saturated rings. The monoisotopic (exact) mass is 383 g/mol. The lowest BCUT2D eigenvalue weighted by atomic mass is 10.1. The van der Waals surface area contributed by atoms with Gasteiger partial charge in [-0.3, -0.25) is 4.79 Å². The van der Waals surface area contributed by atoms with Crippen molar-refractivity contribution in [2.75, 3.05) is 0 Å². The molecule has 1 amide bonds. The fourth-order valence-electron chi connectivity index (χ4n) is 1.96. The van der Waals surface area contributed by atoms with Gasteiger partial charge < -0.3 is 5.32 Å². The summed E-state index contributed by atoms with van der Waals surface area (Å²) in [5.41, 5.74) is 2.13. The van der Waals surface area contributed by atoms with Crippen molar-refractivity contribution in [3.8, 4) is 0 Å². The molecular formula is C15H15Br2NO. The van der Waals surface area contributed by atoms with Gasteiger partial charge >= 0.3 is 0 Å². The summed E-state index contributed by atoms with van der Waals surface area (Å²) in [4.78, 5) is 11.7. The second-order valence-electron chi connectivity index (χ2n) is 4.72. The molecule has 0 heterocycles. The highest BCUT2D eigenvalue weighted by Crippen LogP contribution is 2.42. The molecule has 1 aliphatic rings. The Bertz CT molecular complexity index is 551. The van der Waals surface area contributed by atoms with Gasteiger partial charge in [-0.1, -0.05) is 18.7 Å². The minimum Gasteiger partial charge on any atom is -0.349 e. The second-order valence-corrected chi connectivity index (χ2v) is 6.43. The Morgan fingerprint density at radius 1 is 1.42 bits per heavy atom. The van der Waals surface area contributed by atoms with E-state index < -0.39 is 0 Å². The van der Waals surface area contributed by atoms with Gasteiger partial charge in [0.2, 0.25) is 5.91 Å². The number of benzene rings is 1. The smallest absolute Gasteiger partial charge is 0.244 e. The summed E-state index contributed by atoms with van der Waals surface area (Å²) in [6, 6.07) is 6.47. The van der Waals surface area contributed by atoms with Crippen molar-refractivity contribution in [3.05, 3.63) is 57.0 Å². The molecule has 0 saturated heterocycles. The number of hydrogen-bond donors (Lipinski definition) is 1. The third-order valence-corrected chi connectivity index (χ3v) is 5.05. The van der Waals surface area contributed by atoms with Crippen LogP contribution in [0.1, 0.15) is 24.8 Å². The summed E-state index contributed by atoms with van der Waals surface area (Å²) in [6.45, 7) is 5.49. The predicted molar refractivity (Wildman–Crippen MR) is 85.1 cm³/mol. The average molecular weight is 385 g/mol. The van der Waals surface area contributed by atoms with Crippen LogP contribution < -0.4 is 5.32 Å². The van der Waals surface area contributed by atoms with Gasteiger partial charge in [-0.15, -0.1) is 0 Å². The van der Waals surface area contributed by atoms with E-state index in [1.54, 1.807) is 12.2 Å². The van der Waals surface area contributed by atoms with Crippen molar-refractivity contribution in [2.24, 2.45) is 0 Å². The summed E-state index contributed by atoms with van der Waals surface area (Å²) >= 11 is 6.96. The summed E-state index contributed by atoms with van der Waals surface area (Å²) in [7, 11) is 0. The van der Waals surface area contributed by atoms with Crippen molar-refractivity contribution in [3.63, 3.8) is 0 Å². The van der Waals surface area contributed by atoms with Crippen molar-refractivity contribution < 1.29 is 4.79 Å². The van der Waals surface area contributed by atoms with E-state index in [4.69, 9.17) is 0 Å². The van der Waals surface area contributed by atoms with E-state index in [0.29, 0.717) is 5.92 Å². The highest BCUT2D eigenvalue weighted by Gasteiger charge is 2.39. The number of rotatable bonds is 4. The lowest BCUT2D eigenvalue weighted by Crippen LogP contribution is -2.24. The Kier molecular flexibility index (Phi) is 4.63. The lowest BCUT2D eigenvalue weighted by Gasteiger charge is -2.04. The number of amides is 1. The van der Waals surface area contributed by atoms with Crippen LogP contribution >= 0.6 is 31.9 Å². The van der Waals surface area contributed by atoms with Gasteiger partial charge in [0.15, 0.2) is 0 Å². The van der Waals surface area contributed by atoms with E-state index in [-0.39, 0.29) is 11.9 Å². The Labute approximate surface area is 130 Å². The van der Waals surface area contributed by atoms with Crippen LogP contribution in [0, 0.1) is 0 Å². The zero-order valence-corrected chi connectivity index (χ0v) is 13.8. The molecule has 19 heavy (non-hydrogen) atoms. The van der Waals surface area contributed by atoms with Gasteiger partial charge in [0, 0.05) is 27.0 Å². The number of allylic oxidation sites excluding steroid dienone is 2. The van der Waals surface area contributed by atoms with E-state index in [1.807, 2.05) is 13.0 Å². The molecule has 1 saturated carbocycles. The van der Waals surface area contributed by atoms with Crippen molar-refractivity contribution in [1.82, 2.24) is 5.32 Å². The van der Waals surface area contributed by atoms with E-state index in [9.17, 15) is 4.79 Å². The first-order chi connectivity index (χ1) is 9.01. The molecule has 1 N–H and O–H groups in total. The summed E-state index contributed by atoms with van der Waals surface area (Å²) in [5.74, 6) is 0.381. The number of carbonyl (C=O) groups is 1. The number of halogens is 2. The fraction of sp³-hybridized carbons (Fsp3) is 0.267. The van der Waals surface area contributed by atoms with Crippen molar-refractivity contribution in [2.45, 2.75) is 25.3 Å². The van der Waals surface area contributed by atoms with Crippen LogP contribution in [0.25, 0.3) is 0 Å². The van der Waals surface area contributed by atoms with Crippen LogP contribution in [-0.2, 0) is 4.79 Å². The van der Waals surface area contributed by atoms with Crippen LogP contribution in [0.3, 0.4) is 0 Å². The quantitative estimate of drug-likeness (QED) is 0.607. The van der Waals surface area contributed by atoms with Gasteiger partial charge in [-0.25, -0.2) is 0 Å².